The number of aliphatic hydroxyl groups is 1. The van der Waals surface area contributed by atoms with Gasteiger partial charge in [0.1, 0.15) is 0 Å². The smallest absolute Gasteiger partial charge is 0.0957 e. The second kappa shape index (κ2) is 6.33. The molecule has 16 heavy (non-hydrogen) atoms. The molecule has 1 N–H and O–H groups in total. The molecule has 0 radical (unpaired) electrons. The molecule has 0 fully saturated rings. The van der Waals surface area contributed by atoms with Gasteiger partial charge in [-0.1, -0.05) is 6.92 Å². The topological polar surface area (TPSA) is 42.4 Å². The maximum Gasteiger partial charge on any atom is 0.0957 e. The number of thiazole rings is 1. The van der Waals surface area contributed by atoms with Gasteiger partial charge in [0.15, 0.2) is 0 Å². The Morgan fingerprint density at radius 1 is 1.38 bits per heavy atom. The largest absolute Gasteiger partial charge is 0.390 e. The van der Waals surface area contributed by atoms with Crippen LogP contribution in [-0.4, -0.2) is 28.9 Å². The predicted molar refractivity (Wildman–Crippen MR) is 67.0 cm³/mol. The first-order valence-electron chi connectivity index (χ1n) is 5.81. The number of aryl methyl sites for hydroxylation is 2. The van der Waals surface area contributed by atoms with Crippen molar-refractivity contribution in [2.75, 3.05) is 6.61 Å². The molecule has 0 spiro atoms. The Balaban J connectivity index is 2.58. The summed E-state index contributed by atoms with van der Waals surface area (Å²) in [6.07, 6.45) is 0.903. The maximum absolute atomic E-state index is 10.0. The quantitative estimate of drug-likeness (QED) is 0.834. The predicted octanol–water partition coefficient (Wildman–Crippen LogP) is 2.48. The molecule has 3 nitrogen and oxygen atoms in total. The van der Waals surface area contributed by atoms with Crippen molar-refractivity contribution in [3.8, 4) is 0 Å². The molecule has 1 heterocycles. The average molecular weight is 243 g/mol. The number of hydrogen-bond acceptors (Lipinski definition) is 4. The van der Waals surface area contributed by atoms with Crippen LogP contribution in [-0.2, 0) is 11.2 Å². The van der Waals surface area contributed by atoms with Gasteiger partial charge in [0.2, 0.25) is 0 Å². The summed E-state index contributed by atoms with van der Waals surface area (Å²) in [5.74, 6) is 0. The van der Waals surface area contributed by atoms with Gasteiger partial charge < -0.3 is 9.84 Å². The van der Waals surface area contributed by atoms with Crippen molar-refractivity contribution in [2.24, 2.45) is 0 Å². The van der Waals surface area contributed by atoms with Crippen LogP contribution in [0.3, 0.4) is 0 Å². The normalized spacial score (nSPS) is 15.1. The van der Waals surface area contributed by atoms with Crippen LogP contribution >= 0.6 is 11.3 Å². The lowest BCUT2D eigenvalue weighted by molar-refractivity contribution is -0.0334. The Kier molecular flexibility index (Phi) is 5.38. The molecule has 1 rings (SSSR count). The molecule has 0 aliphatic carbocycles. The Bertz CT molecular complexity index is 305. The van der Waals surface area contributed by atoms with Crippen molar-refractivity contribution < 1.29 is 9.84 Å². The number of ether oxygens (including phenoxy) is 1. The SMILES string of the molecule is CCOC(CC)C(O)Cc1nc(C)c(C)s1. The van der Waals surface area contributed by atoms with Crippen LogP contribution in [0.4, 0.5) is 0 Å². The van der Waals surface area contributed by atoms with Crippen LogP contribution in [0.2, 0.25) is 0 Å². The molecule has 4 heteroatoms. The molecule has 0 saturated heterocycles. The van der Waals surface area contributed by atoms with E-state index in [1.807, 2.05) is 20.8 Å². The highest BCUT2D eigenvalue weighted by atomic mass is 32.1. The maximum atomic E-state index is 10.0. The molecule has 1 aromatic heterocycles. The monoisotopic (exact) mass is 243 g/mol. The first kappa shape index (κ1) is 13.6. The Labute approximate surface area is 101 Å². The number of aliphatic hydroxyl groups excluding tert-OH is 1. The van der Waals surface area contributed by atoms with Crippen molar-refractivity contribution >= 4 is 11.3 Å². The summed E-state index contributed by atoms with van der Waals surface area (Å²) in [5.41, 5.74) is 1.07. The third-order valence-corrected chi connectivity index (χ3v) is 3.76. The second-order valence-electron chi connectivity index (χ2n) is 3.92. The van der Waals surface area contributed by atoms with Crippen LogP contribution in [0.1, 0.15) is 35.8 Å². The van der Waals surface area contributed by atoms with Gasteiger partial charge >= 0.3 is 0 Å². The van der Waals surface area contributed by atoms with E-state index in [0.29, 0.717) is 13.0 Å². The lowest BCUT2D eigenvalue weighted by Gasteiger charge is -2.20. The first-order chi connectivity index (χ1) is 7.58. The van der Waals surface area contributed by atoms with E-state index in [1.165, 1.54) is 4.88 Å². The molecule has 1 aromatic rings. The van der Waals surface area contributed by atoms with Crippen molar-refractivity contribution in [1.82, 2.24) is 4.98 Å². The van der Waals surface area contributed by atoms with E-state index in [0.717, 1.165) is 17.1 Å². The number of hydrogen-bond donors (Lipinski definition) is 1. The lowest BCUT2D eigenvalue weighted by atomic mass is 10.1. The average Bonchev–Trinajstić information content (AvgIpc) is 2.54. The molecule has 0 aliphatic rings. The van der Waals surface area contributed by atoms with Crippen LogP contribution in [0.25, 0.3) is 0 Å². The van der Waals surface area contributed by atoms with Crippen molar-refractivity contribution in [3.63, 3.8) is 0 Å². The van der Waals surface area contributed by atoms with E-state index >= 15 is 0 Å². The van der Waals surface area contributed by atoms with E-state index in [2.05, 4.69) is 11.9 Å². The minimum atomic E-state index is -0.449. The van der Waals surface area contributed by atoms with E-state index in [-0.39, 0.29) is 6.10 Å². The van der Waals surface area contributed by atoms with Gasteiger partial charge in [-0.2, -0.15) is 0 Å². The van der Waals surface area contributed by atoms with Crippen molar-refractivity contribution in [2.45, 2.75) is 52.7 Å². The zero-order valence-corrected chi connectivity index (χ0v) is 11.3. The van der Waals surface area contributed by atoms with Crippen LogP contribution in [0.15, 0.2) is 0 Å². The standard InChI is InChI=1S/C12H21NO2S/c1-5-11(15-6-2)10(14)7-12-13-8(3)9(4)16-12/h10-11,14H,5-7H2,1-4H3. The van der Waals surface area contributed by atoms with E-state index in [4.69, 9.17) is 4.74 Å². The minimum Gasteiger partial charge on any atom is -0.390 e. The van der Waals surface area contributed by atoms with Crippen molar-refractivity contribution in [3.05, 3.63) is 15.6 Å². The highest BCUT2D eigenvalue weighted by Crippen LogP contribution is 2.19. The van der Waals surface area contributed by atoms with E-state index < -0.39 is 6.10 Å². The Hall–Kier alpha value is -0.450. The highest BCUT2D eigenvalue weighted by molar-refractivity contribution is 7.11. The molecule has 2 unspecified atom stereocenters. The van der Waals surface area contributed by atoms with Crippen LogP contribution in [0.5, 0.6) is 0 Å². The zero-order chi connectivity index (χ0) is 12.1. The summed E-state index contributed by atoms with van der Waals surface area (Å²) in [4.78, 5) is 5.66. The summed E-state index contributed by atoms with van der Waals surface area (Å²) in [7, 11) is 0. The number of aromatic nitrogens is 1. The summed E-state index contributed by atoms with van der Waals surface area (Å²) < 4.78 is 5.49. The second-order valence-corrected chi connectivity index (χ2v) is 5.21. The van der Waals surface area contributed by atoms with Gasteiger partial charge in [-0.15, -0.1) is 11.3 Å². The summed E-state index contributed by atoms with van der Waals surface area (Å²) in [5, 5.41) is 11.0. The summed E-state index contributed by atoms with van der Waals surface area (Å²) in [6.45, 7) is 8.69. The van der Waals surface area contributed by atoms with Gasteiger partial charge in [0, 0.05) is 17.9 Å². The van der Waals surface area contributed by atoms with Gasteiger partial charge in [-0.05, 0) is 27.2 Å². The molecule has 0 aliphatic heterocycles. The third kappa shape index (κ3) is 3.54. The van der Waals surface area contributed by atoms with Gasteiger partial charge in [0.05, 0.1) is 22.9 Å². The molecule has 0 amide bonds. The third-order valence-electron chi connectivity index (χ3n) is 2.67. The number of nitrogens with zero attached hydrogens (tertiary/aromatic N) is 1. The zero-order valence-electron chi connectivity index (χ0n) is 10.5. The van der Waals surface area contributed by atoms with Gasteiger partial charge in [0.25, 0.3) is 0 Å². The summed E-state index contributed by atoms with van der Waals surface area (Å²) >= 11 is 1.66. The highest BCUT2D eigenvalue weighted by Gasteiger charge is 2.19. The molecule has 0 bridgehead atoms. The molecule has 0 saturated carbocycles. The van der Waals surface area contributed by atoms with Crippen molar-refractivity contribution in [1.29, 1.82) is 0 Å². The molecule has 92 valence electrons. The van der Waals surface area contributed by atoms with Crippen LogP contribution < -0.4 is 0 Å². The fraction of sp³-hybridized carbons (Fsp3) is 0.750. The molecular formula is C12H21NO2S. The lowest BCUT2D eigenvalue weighted by Crippen LogP contribution is -2.30. The van der Waals surface area contributed by atoms with E-state index in [9.17, 15) is 5.11 Å². The fourth-order valence-corrected chi connectivity index (χ4v) is 2.64. The molecule has 0 aromatic carbocycles. The Morgan fingerprint density at radius 3 is 2.50 bits per heavy atom. The van der Waals surface area contributed by atoms with Gasteiger partial charge in [-0.3, -0.25) is 0 Å². The first-order valence-corrected chi connectivity index (χ1v) is 6.62. The molecular weight excluding hydrogens is 222 g/mol. The van der Waals surface area contributed by atoms with Gasteiger partial charge in [-0.25, -0.2) is 4.98 Å². The van der Waals surface area contributed by atoms with Crippen LogP contribution in [0, 0.1) is 13.8 Å². The van der Waals surface area contributed by atoms with E-state index in [1.54, 1.807) is 11.3 Å². The molecule has 2 atom stereocenters. The minimum absolute atomic E-state index is 0.0745. The summed E-state index contributed by atoms with van der Waals surface area (Å²) in [6, 6.07) is 0. The fourth-order valence-electron chi connectivity index (χ4n) is 1.65. The Morgan fingerprint density at radius 2 is 2.06 bits per heavy atom. The number of rotatable bonds is 6.